The van der Waals surface area contributed by atoms with E-state index in [1.807, 2.05) is 30.3 Å². The van der Waals surface area contributed by atoms with E-state index in [-0.39, 0.29) is 6.04 Å². The third-order valence-electron chi connectivity index (χ3n) is 4.33. The summed E-state index contributed by atoms with van der Waals surface area (Å²) in [7, 11) is 1.65. The maximum atomic E-state index is 6.30. The fourth-order valence-electron chi connectivity index (χ4n) is 2.79. The van der Waals surface area contributed by atoms with Crippen LogP contribution in [0.4, 0.5) is 0 Å². The van der Waals surface area contributed by atoms with Crippen LogP contribution in [0, 0.1) is 6.92 Å². The molecular formula is C22H24N2O2. The molecule has 134 valence electrons. The van der Waals surface area contributed by atoms with Gasteiger partial charge in [0.25, 0.3) is 0 Å². The molecule has 0 fully saturated rings. The largest absolute Gasteiger partial charge is 0.493 e. The molecule has 0 spiro atoms. The van der Waals surface area contributed by atoms with Gasteiger partial charge in [0.15, 0.2) is 11.5 Å². The summed E-state index contributed by atoms with van der Waals surface area (Å²) in [5.74, 6) is 1.45. The van der Waals surface area contributed by atoms with Crippen LogP contribution in [-0.2, 0) is 13.0 Å². The van der Waals surface area contributed by atoms with Crippen molar-refractivity contribution in [1.82, 2.24) is 4.98 Å². The van der Waals surface area contributed by atoms with Crippen molar-refractivity contribution in [3.8, 4) is 11.5 Å². The minimum absolute atomic E-state index is 0.0815. The molecule has 0 bridgehead atoms. The van der Waals surface area contributed by atoms with E-state index in [9.17, 15) is 0 Å². The van der Waals surface area contributed by atoms with E-state index in [2.05, 4.69) is 36.2 Å². The zero-order chi connectivity index (χ0) is 18.4. The SMILES string of the molecule is COc1cc(CC(N)c2ccncc2)ccc1OCc1ccc(C)cc1. The fourth-order valence-corrected chi connectivity index (χ4v) is 2.79. The Balaban J connectivity index is 1.68. The Labute approximate surface area is 154 Å². The van der Waals surface area contributed by atoms with Gasteiger partial charge in [0, 0.05) is 18.4 Å². The molecule has 0 amide bonds. The molecule has 0 aliphatic carbocycles. The lowest BCUT2D eigenvalue weighted by molar-refractivity contribution is 0.284. The van der Waals surface area contributed by atoms with Gasteiger partial charge in [0.05, 0.1) is 7.11 Å². The molecule has 4 heteroatoms. The van der Waals surface area contributed by atoms with Crippen molar-refractivity contribution in [3.05, 3.63) is 89.2 Å². The van der Waals surface area contributed by atoms with Gasteiger partial charge in [0.1, 0.15) is 6.61 Å². The Kier molecular flexibility index (Phi) is 5.87. The summed E-state index contributed by atoms with van der Waals surface area (Å²) in [4.78, 5) is 4.03. The number of aryl methyl sites for hydroxylation is 1. The van der Waals surface area contributed by atoms with Crippen LogP contribution in [0.25, 0.3) is 0 Å². The number of aromatic nitrogens is 1. The highest BCUT2D eigenvalue weighted by Crippen LogP contribution is 2.30. The van der Waals surface area contributed by atoms with E-state index in [4.69, 9.17) is 15.2 Å². The summed E-state index contributed by atoms with van der Waals surface area (Å²) in [5, 5.41) is 0. The quantitative estimate of drug-likeness (QED) is 0.694. The third kappa shape index (κ3) is 4.61. The number of pyridine rings is 1. The summed E-state index contributed by atoms with van der Waals surface area (Å²) in [5.41, 5.74) is 10.8. The minimum Gasteiger partial charge on any atom is -0.493 e. The van der Waals surface area contributed by atoms with Crippen LogP contribution >= 0.6 is 0 Å². The van der Waals surface area contributed by atoms with Gasteiger partial charge in [-0.3, -0.25) is 4.98 Å². The van der Waals surface area contributed by atoms with Crippen LogP contribution in [0.1, 0.15) is 28.3 Å². The standard InChI is InChI=1S/C22H24N2O2/c1-16-3-5-17(6-4-16)15-26-21-8-7-18(14-22(21)25-2)13-20(23)19-9-11-24-12-10-19/h3-12,14,20H,13,15,23H2,1-2H3. The smallest absolute Gasteiger partial charge is 0.161 e. The first-order chi connectivity index (χ1) is 12.7. The average molecular weight is 348 g/mol. The van der Waals surface area contributed by atoms with Crippen LogP contribution < -0.4 is 15.2 Å². The summed E-state index contributed by atoms with van der Waals surface area (Å²) in [6.45, 7) is 2.58. The molecule has 1 aromatic heterocycles. The summed E-state index contributed by atoms with van der Waals surface area (Å²) in [6, 6.07) is 18.1. The van der Waals surface area contributed by atoms with Crippen LogP contribution in [0.15, 0.2) is 67.0 Å². The molecule has 1 heterocycles. The van der Waals surface area contributed by atoms with E-state index in [0.717, 1.165) is 34.6 Å². The molecule has 1 atom stereocenters. The lowest BCUT2D eigenvalue weighted by Crippen LogP contribution is -2.13. The Bertz CT molecular complexity index is 833. The Morgan fingerprint density at radius 1 is 0.923 bits per heavy atom. The molecular weight excluding hydrogens is 324 g/mol. The number of benzene rings is 2. The van der Waals surface area contributed by atoms with Crippen LogP contribution in [-0.4, -0.2) is 12.1 Å². The van der Waals surface area contributed by atoms with Crippen molar-refractivity contribution < 1.29 is 9.47 Å². The van der Waals surface area contributed by atoms with Crippen LogP contribution in [0.2, 0.25) is 0 Å². The molecule has 3 rings (SSSR count). The average Bonchev–Trinajstić information content (AvgIpc) is 2.68. The van der Waals surface area contributed by atoms with Gasteiger partial charge < -0.3 is 15.2 Å². The third-order valence-corrected chi connectivity index (χ3v) is 4.33. The van der Waals surface area contributed by atoms with Gasteiger partial charge in [-0.25, -0.2) is 0 Å². The van der Waals surface area contributed by atoms with E-state index in [1.54, 1.807) is 19.5 Å². The highest BCUT2D eigenvalue weighted by molar-refractivity contribution is 5.43. The van der Waals surface area contributed by atoms with Crippen molar-refractivity contribution in [2.24, 2.45) is 5.73 Å². The number of nitrogens with zero attached hydrogens (tertiary/aromatic N) is 1. The molecule has 0 saturated heterocycles. The first-order valence-corrected chi connectivity index (χ1v) is 8.66. The van der Waals surface area contributed by atoms with Crippen molar-refractivity contribution in [2.45, 2.75) is 26.0 Å². The summed E-state index contributed by atoms with van der Waals surface area (Å²) >= 11 is 0. The Morgan fingerprint density at radius 3 is 2.31 bits per heavy atom. The summed E-state index contributed by atoms with van der Waals surface area (Å²) in [6.07, 6.45) is 4.24. The Hall–Kier alpha value is -2.85. The summed E-state index contributed by atoms with van der Waals surface area (Å²) < 4.78 is 11.4. The van der Waals surface area contributed by atoms with Gasteiger partial charge >= 0.3 is 0 Å². The topological polar surface area (TPSA) is 57.4 Å². The van der Waals surface area contributed by atoms with Crippen molar-refractivity contribution in [2.75, 3.05) is 7.11 Å². The maximum Gasteiger partial charge on any atom is 0.161 e. The molecule has 2 N–H and O–H groups in total. The molecule has 0 radical (unpaired) electrons. The van der Waals surface area contributed by atoms with E-state index < -0.39 is 0 Å². The van der Waals surface area contributed by atoms with Crippen LogP contribution in [0.5, 0.6) is 11.5 Å². The molecule has 4 nitrogen and oxygen atoms in total. The number of ether oxygens (including phenoxy) is 2. The van der Waals surface area contributed by atoms with Gasteiger partial charge in [-0.15, -0.1) is 0 Å². The lowest BCUT2D eigenvalue weighted by Gasteiger charge is -2.15. The number of hydrogen-bond donors (Lipinski definition) is 1. The number of methoxy groups -OCH3 is 1. The molecule has 0 saturated carbocycles. The molecule has 26 heavy (non-hydrogen) atoms. The van der Waals surface area contributed by atoms with Crippen LogP contribution in [0.3, 0.4) is 0 Å². The number of hydrogen-bond acceptors (Lipinski definition) is 4. The molecule has 3 aromatic rings. The maximum absolute atomic E-state index is 6.30. The monoisotopic (exact) mass is 348 g/mol. The predicted molar refractivity (Wildman–Crippen MR) is 103 cm³/mol. The predicted octanol–water partition coefficient (Wildman–Crippen LogP) is 4.22. The van der Waals surface area contributed by atoms with E-state index >= 15 is 0 Å². The van der Waals surface area contributed by atoms with Gasteiger partial charge in [-0.2, -0.15) is 0 Å². The second-order valence-electron chi connectivity index (χ2n) is 6.35. The van der Waals surface area contributed by atoms with Gasteiger partial charge in [-0.05, 0) is 54.3 Å². The lowest BCUT2D eigenvalue weighted by atomic mass is 10.0. The zero-order valence-electron chi connectivity index (χ0n) is 15.2. The molecule has 0 aliphatic rings. The highest BCUT2D eigenvalue weighted by Gasteiger charge is 2.11. The van der Waals surface area contributed by atoms with E-state index in [1.165, 1.54) is 5.56 Å². The van der Waals surface area contributed by atoms with Gasteiger partial charge in [0.2, 0.25) is 0 Å². The first-order valence-electron chi connectivity index (χ1n) is 8.66. The normalized spacial score (nSPS) is 11.8. The first kappa shape index (κ1) is 18.0. The zero-order valence-corrected chi connectivity index (χ0v) is 15.2. The second-order valence-corrected chi connectivity index (χ2v) is 6.35. The molecule has 1 unspecified atom stereocenters. The van der Waals surface area contributed by atoms with Crippen molar-refractivity contribution in [1.29, 1.82) is 0 Å². The minimum atomic E-state index is -0.0815. The van der Waals surface area contributed by atoms with Gasteiger partial charge in [-0.1, -0.05) is 35.9 Å². The highest BCUT2D eigenvalue weighted by atomic mass is 16.5. The Morgan fingerprint density at radius 2 is 1.62 bits per heavy atom. The number of nitrogens with two attached hydrogens (primary N) is 1. The molecule has 2 aromatic carbocycles. The number of rotatable bonds is 7. The molecule has 0 aliphatic heterocycles. The van der Waals surface area contributed by atoms with E-state index in [0.29, 0.717) is 6.61 Å². The van der Waals surface area contributed by atoms with Crippen molar-refractivity contribution >= 4 is 0 Å². The second kappa shape index (κ2) is 8.50. The fraction of sp³-hybridized carbons (Fsp3) is 0.227. The van der Waals surface area contributed by atoms with Crippen molar-refractivity contribution in [3.63, 3.8) is 0 Å².